The Kier molecular flexibility index (Phi) is 3.92. The van der Waals surface area contributed by atoms with Gasteiger partial charge in [-0.1, -0.05) is 30.3 Å². The fourth-order valence-corrected chi connectivity index (χ4v) is 3.26. The highest BCUT2D eigenvalue weighted by Crippen LogP contribution is 2.35. The van der Waals surface area contributed by atoms with Gasteiger partial charge >= 0.3 is 0 Å². The summed E-state index contributed by atoms with van der Waals surface area (Å²) in [5, 5.41) is -0.154. The van der Waals surface area contributed by atoms with Crippen LogP contribution in [0, 0.1) is 13.8 Å². The van der Waals surface area contributed by atoms with Gasteiger partial charge in [0, 0.05) is 0 Å². The average molecular weight is 303 g/mol. The van der Waals surface area contributed by atoms with E-state index in [1.165, 1.54) is 11.1 Å². The number of methoxy groups -OCH3 is 1. The summed E-state index contributed by atoms with van der Waals surface area (Å²) in [5.74, 6) is 0.935. The van der Waals surface area contributed by atoms with E-state index in [1.807, 2.05) is 0 Å². The van der Waals surface area contributed by atoms with E-state index in [1.54, 1.807) is 7.11 Å². The first-order chi connectivity index (χ1) is 10.1. The summed E-state index contributed by atoms with van der Waals surface area (Å²) in [6.07, 6.45) is 0. The third kappa shape index (κ3) is 2.66. The number of ether oxygens (including phenoxy) is 2. The van der Waals surface area contributed by atoms with Crippen LogP contribution in [0.5, 0.6) is 5.75 Å². The van der Waals surface area contributed by atoms with Gasteiger partial charge in [-0.25, -0.2) is 0 Å². The minimum absolute atomic E-state index is 0.154. The summed E-state index contributed by atoms with van der Waals surface area (Å²) >= 11 is 6.69. The van der Waals surface area contributed by atoms with Crippen molar-refractivity contribution in [3.63, 3.8) is 0 Å². The summed E-state index contributed by atoms with van der Waals surface area (Å²) < 4.78 is 10.9. The van der Waals surface area contributed by atoms with Crippen molar-refractivity contribution in [3.05, 3.63) is 63.7 Å². The van der Waals surface area contributed by atoms with E-state index in [9.17, 15) is 0 Å². The van der Waals surface area contributed by atoms with Gasteiger partial charge in [0.05, 0.1) is 25.7 Å². The summed E-state index contributed by atoms with van der Waals surface area (Å²) in [6.45, 7) is 5.50. The minimum atomic E-state index is -0.154. The molecule has 0 amide bonds. The van der Waals surface area contributed by atoms with Crippen molar-refractivity contribution in [2.45, 2.75) is 32.4 Å². The lowest BCUT2D eigenvalue weighted by Gasteiger charge is -2.16. The van der Waals surface area contributed by atoms with Crippen LogP contribution in [0.2, 0.25) is 0 Å². The van der Waals surface area contributed by atoms with Crippen LogP contribution >= 0.6 is 11.6 Å². The van der Waals surface area contributed by atoms with Crippen molar-refractivity contribution in [3.8, 4) is 5.75 Å². The highest BCUT2D eigenvalue weighted by molar-refractivity contribution is 6.22. The molecule has 0 saturated carbocycles. The smallest absolute Gasteiger partial charge is 0.124 e. The van der Waals surface area contributed by atoms with Gasteiger partial charge in [-0.2, -0.15) is 0 Å². The molecule has 3 rings (SSSR count). The molecule has 2 aromatic carbocycles. The Balaban J connectivity index is 1.97. The van der Waals surface area contributed by atoms with Crippen molar-refractivity contribution in [2.24, 2.45) is 0 Å². The van der Waals surface area contributed by atoms with Crippen LogP contribution in [0.4, 0.5) is 0 Å². The van der Waals surface area contributed by atoms with E-state index in [-0.39, 0.29) is 5.38 Å². The number of fused-ring (bicyclic) bond motifs is 1. The molecule has 0 fully saturated rings. The second kappa shape index (κ2) is 5.70. The maximum absolute atomic E-state index is 6.69. The van der Waals surface area contributed by atoms with E-state index in [0.717, 1.165) is 28.0 Å². The minimum Gasteiger partial charge on any atom is -0.496 e. The van der Waals surface area contributed by atoms with Crippen molar-refractivity contribution in [1.29, 1.82) is 0 Å². The van der Waals surface area contributed by atoms with Crippen LogP contribution < -0.4 is 4.74 Å². The van der Waals surface area contributed by atoms with Gasteiger partial charge in [0.2, 0.25) is 0 Å². The Hall–Kier alpha value is -1.51. The lowest BCUT2D eigenvalue weighted by atomic mass is 9.97. The van der Waals surface area contributed by atoms with Crippen molar-refractivity contribution in [1.82, 2.24) is 0 Å². The van der Waals surface area contributed by atoms with Crippen LogP contribution in [-0.4, -0.2) is 7.11 Å². The zero-order valence-electron chi connectivity index (χ0n) is 12.6. The summed E-state index contributed by atoms with van der Waals surface area (Å²) in [4.78, 5) is 0. The van der Waals surface area contributed by atoms with Gasteiger partial charge in [-0.05, 0) is 47.2 Å². The molecule has 110 valence electrons. The molecule has 3 heteroatoms. The van der Waals surface area contributed by atoms with Crippen molar-refractivity contribution < 1.29 is 9.47 Å². The standard InChI is InChI=1S/C18H19ClO2/c1-11-6-15(7-12(2)18(11)20-3)17(19)13-4-5-14-9-21-10-16(14)8-13/h4-8,17H,9-10H2,1-3H3. The normalized spacial score (nSPS) is 14.9. The zero-order chi connectivity index (χ0) is 15.0. The van der Waals surface area contributed by atoms with Crippen LogP contribution in [0.25, 0.3) is 0 Å². The molecule has 1 atom stereocenters. The maximum atomic E-state index is 6.69. The van der Waals surface area contributed by atoms with Gasteiger partial charge in [-0.3, -0.25) is 0 Å². The Morgan fingerprint density at radius 3 is 2.33 bits per heavy atom. The van der Waals surface area contributed by atoms with E-state index in [0.29, 0.717) is 13.2 Å². The number of hydrogen-bond acceptors (Lipinski definition) is 2. The lowest BCUT2D eigenvalue weighted by molar-refractivity contribution is 0.134. The number of halogens is 1. The molecule has 0 aromatic heterocycles. The molecule has 2 nitrogen and oxygen atoms in total. The first-order valence-electron chi connectivity index (χ1n) is 7.09. The Morgan fingerprint density at radius 2 is 1.67 bits per heavy atom. The van der Waals surface area contributed by atoms with Gasteiger partial charge in [0.25, 0.3) is 0 Å². The number of rotatable bonds is 3. The molecule has 1 heterocycles. The quantitative estimate of drug-likeness (QED) is 0.767. The first kappa shape index (κ1) is 14.4. The molecule has 2 aromatic rings. The summed E-state index contributed by atoms with van der Waals surface area (Å²) in [5.41, 5.74) is 6.96. The molecule has 21 heavy (non-hydrogen) atoms. The van der Waals surface area contributed by atoms with Crippen LogP contribution in [0.3, 0.4) is 0 Å². The molecule has 1 aliphatic heterocycles. The molecular weight excluding hydrogens is 284 g/mol. The maximum Gasteiger partial charge on any atom is 0.124 e. The van der Waals surface area contributed by atoms with Crippen molar-refractivity contribution >= 4 is 11.6 Å². The molecule has 1 unspecified atom stereocenters. The van der Waals surface area contributed by atoms with Crippen LogP contribution in [0.1, 0.15) is 38.8 Å². The topological polar surface area (TPSA) is 18.5 Å². The number of benzene rings is 2. The lowest BCUT2D eigenvalue weighted by Crippen LogP contribution is -1.99. The van der Waals surface area contributed by atoms with E-state index < -0.39 is 0 Å². The van der Waals surface area contributed by atoms with Gasteiger partial charge in [-0.15, -0.1) is 11.6 Å². The zero-order valence-corrected chi connectivity index (χ0v) is 13.3. The SMILES string of the molecule is COc1c(C)cc(C(Cl)c2ccc3c(c2)COC3)cc1C. The molecule has 0 radical (unpaired) electrons. The Labute approximate surface area is 130 Å². The van der Waals surface area contributed by atoms with E-state index in [4.69, 9.17) is 21.1 Å². The molecule has 0 bridgehead atoms. The Bertz CT molecular complexity index is 656. The highest BCUT2D eigenvalue weighted by atomic mass is 35.5. The third-order valence-corrected chi connectivity index (χ3v) is 4.52. The summed E-state index contributed by atoms with van der Waals surface area (Å²) in [7, 11) is 1.70. The number of alkyl halides is 1. The van der Waals surface area contributed by atoms with Gasteiger partial charge in [0.1, 0.15) is 5.75 Å². The Morgan fingerprint density at radius 1 is 1.00 bits per heavy atom. The van der Waals surface area contributed by atoms with Crippen molar-refractivity contribution in [2.75, 3.05) is 7.11 Å². The van der Waals surface area contributed by atoms with E-state index in [2.05, 4.69) is 44.2 Å². The summed E-state index contributed by atoms with van der Waals surface area (Å²) in [6, 6.07) is 10.6. The van der Waals surface area contributed by atoms with Gasteiger partial charge < -0.3 is 9.47 Å². The number of aryl methyl sites for hydroxylation is 2. The predicted molar refractivity (Wildman–Crippen MR) is 85.1 cm³/mol. The van der Waals surface area contributed by atoms with Crippen LogP contribution in [-0.2, 0) is 18.0 Å². The number of hydrogen-bond donors (Lipinski definition) is 0. The second-order valence-corrected chi connectivity index (χ2v) is 6.01. The molecule has 0 saturated heterocycles. The molecule has 0 spiro atoms. The fraction of sp³-hybridized carbons (Fsp3) is 0.333. The van der Waals surface area contributed by atoms with Crippen LogP contribution in [0.15, 0.2) is 30.3 Å². The third-order valence-electron chi connectivity index (χ3n) is 4.02. The van der Waals surface area contributed by atoms with E-state index >= 15 is 0 Å². The molecule has 0 aliphatic carbocycles. The fourth-order valence-electron chi connectivity index (χ4n) is 2.99. The first-order valence-corrected chi connectivity index (χ1v) is 7.52. The predicted octanol–water partition coefficient (Wildman–Crippen LogP) is 4.67. The monoisotopic (exact) mass is 302 g/mol. The van der Waals surface area contributed by atoms with Gasteiger partial charge in [0.15, 0.2) is 0 Å². The highest BCUT2D eigenvalue weighted by Gasteiger charge is 2.17. The molecule has 1 aliphatic rings. The largest absolute Gasteiger partial charge is 0.496 e. The molecule has 0 N–H and O–H groups in total. The molecular formula is C18H19ClO2. The second-order valence-electron chi connectivity index (χ2n) is 5.57. The average Bonchev–Trinajstić information content (AvgIpc) is 2.93.